The highest BCUT2D eigenvalue weighted by atomic mass is 16.5. The molecule has 1 atom stereocenters. The van der Waals surface area contributed by atoms with Gasteiger partial charge in [0.25, 0.3) is 5.91 Å². The summed E-state index contributed by atoms with van der Waals surface area (Å²) >= 11 is 0. The number of hydrogen-bond donors (Lipinski definition) is 0. The second-order valence-corrected chi connectivity index (χ2v) is 8.04. The summed E-state index contributed by atoms with van der Waals surface area (Å²) in [5.41, 5.74) is 4.66. The lowest BCUT2D eigenvalue weighted by Crippen LogP contribution is -2.48. The fraction of sp³-hybridized carbons (Fsp3) is 0.222. The molecule has 0 N–H and O–H groups in total. The van der Waals surface area contributed by atoms with Crippen molar-refractivity contribution >= 4 is 22.5 Å². The number of aromatic nitrogens is 2. The molecule has 1 aliphatic rings. The van der Waals surface area contributed by atoms with Crippen LogP contribution in [0.5, 0.6) is 5.75 Å². The van der Waals surface area contributed by atoms with Gasteiger partial charge in [-0.05, 0) is 42.5 Å². The number of carbonyl (C=O) groups is 1. The number of rotatable bonds is 7. The zero-order valence-corrected chi connectivity index (χ0v) is 18.9. The molecule has 3 heterocycles. The lowest BCUT2D eigenvalue weighted by Gasteiger charge is -2.32. The van der Waals surface area contributed by atoms with Gasteiger partial charge in [-0.3, -0.25) is 14.8 Å². The van der Waals surface area contributed by atoms with Crippen LogP contribution in [0.3, 0.4) is 0 Å². The van der Waals surface area contributed by atoms with Crippen LogP contribution in [-0.2, 0) is 20.9 Å². The third kappa shape index (κ3) is 4.62. The maximum Gasteiger partial charge on any atom is 0.253 e. The average molecular weight is 456 g/mol. The highest BCUT2D eigenvalue weighted by Gasteiger charge is 2.27. The number of hydrogen-bond acceptors (Lipinski definition) is 6. The Morgan fingerprint density at radius 1 is 1.00 bits per heavy atom. The zero-order valence-electron chi connectivity index (χ0n) is 18.9. The second-order valence-electron chi connectivity index (χ2n) is 8.04. The molecule has 4 aromatic rings. The number of nitrogens with zero attached hydrogens (tertiary/aromatic N) is 3. The Labute approximate surface area is 197 Å². The number of fused-ring (bicyclic) bond motifs is 1. The third-order valence-corrected chi connectivity index (χ3v) is 5.87. The summed E-state index contributed by atoms with van der Waals surface area (Å²) in [7, 11) is 1.62. The molecule has 5 rings (SSSR count). The van der Waals surface area contributed by atoms with Gasteiger partial charge in [-0.15, -0.1) is 0 Å². The van der Waals surface area contributed by atoms with Gasteiger partial charge in [0.15, 0.2) is 0 Å². The van der Waals surface area contributed by atoms with Gasteiger partial charge >= 0.3 is 0 Å². The summed E-state index contributed by atoms with van der Waals surface area (Å²) in [6.07, 6.45) is 3.38. The van der Waals surface area contributed by atoms with E-state index in [1.807, 2.05) is 60.7 Å². The standard InChI is InChI=1S/C27H25N3O4/c1-32-21-10-8-20(9-11-21)30-15-22(34-18-26(30)31)17-33-16-19-5-4-6-24-23(12-14-29-27(19)24)25-7-2-3-13-28-25/h2-14,22H,15-18H2,1H3. The number of anilines is 1. The number of para-hydroxylation sites is 1. The van der Waals surface area contributed by atoms with E-state index >= 15 is 0 Å². The first-order valence-corrected chi connectivity index (χ1v) is 11.1. The summed E-state index contributed by atoms with van der Waals surface area (Å²) in [4.78, 5) is 23.2. The van der Waals surface area contributed by atoms with Crippen molar-refractivity contribution in [3.63, 3.8) is 0 Å². The predicted molar refractivity (Wildman–Crippen MR) is 130 cm³/mol. The summed E-state index contributed by atoms with van der Waals surface area (Å²) in [5.74, 6) is 0.681. The monoisotopic (exact) mass is 455 g/mol. The van der Waals surface area contributed by atoms with Crippen LogP contribution in [0.15, 0.2) is 79.1 Å². The molecule has 0 bridgehead atoms. The molecule has 1 fully saturated rings. The molecular weight excluding hydrogens is 430 g/mol. The fourth-order valence-corrected chi connectivity index (χ4v) is 4.14. The number of amides is 1. The molecule has 1 unspecified atom stereocenters. The first-order chi connectivity index (χ1) is 16.7. The number of morpholine rings is 1. The quantitative estimate of drug-likeness (QED) is 0.415. The SMILES string of the molecule is COc1ccc(N2CC(COCc3cccc4c(-c5ccccn5)ccnc34)OCC2=O)cc1. The largest absolute Gasteiger partial charge is 0.497 e. The molecule has 0 saturated carbocycles. The van der Waals surface area contributed by atoms with E-state index in [0.29, 0.717) is 19.8 Å². The molecule has 7 heteroatoms. The molecule has 2 aromatic heterocycles. The van der Waals surface area contributed by atoms with Crippen LogP contribution in [0.2, 0.25) is 0 Å². The number of benzene rings is 2. The van der Waals surface area contributed by atoms with Gasteiger partial charge < -0.3 is 19.1 Å². The van der Waals surface area contributed by atoms with E-state index in [4.69, 9.17) is 14.2 Å². The minimum absolute atomic E-state index is 0.0311. The van der Waals surface area contributed by atoms with Crippen molar-refractivity contribution in [1.82, 2.24) is 9.97 Å². The third-order valence-electron chi connectivity index (χ3n) is 5.87. The van der Waals surface area contributed by atoms with Crippen molar-refractivity contribution in [3.8, 4) is 17.0 Å². The molecule has 1 amide bonds. The average Bonchev–Trinajstić information content (AvgIpc) is 2.90. The molecule has 0 aliphatic carbocycles. The first-order valence-electron chi connectivity index (χ1n) is 11.1. The Morgan fingerprint density at radius 2 is 1.88 bits per heavy atom. The fourth-order valence-electron chi connectivity index (χ4n) is 4.14. The molecule has 0 spiro atoms. The number of pyridine rings is 2. The lowest BCUT2D eigenvalue weighted by molar-refractivity contribution is -0.131. The van der Waals surface area contributed by atoms with Gasteiger partial charge in [0, 0.05) is 34.6 Å². The molecule has 1 aliphatic heterocycles. The second kappa shape index (κ2) is 9.99. The topological polar surface area (TPSA) is 73.8 Å². The van der Waals surface area contributed by atoms with Crippen molar-refractivity contribution in [2.45, 2.75) is 12.7 Å². The van der Waals surface area contributed by atoms with Gasteiger partial charge in [0.2, 0.25) is 0 Å². The summed E-state index contributed by atoms with van der Waals surface area (Å²) in [6, 6.07) is 21.4. The molecule has 1 saturated heterocycles. The molecular formula is C27H25N3O4. The first kappa shape index (κ1) is 22.0. The Balaban J connectivity index is 1.26. The summed E-state index contributed by atoms with van der Waals surface area (Å²) in [6.45, 7) is 1.23. The van der Waals surface area contributed by atoms with Crippen LogP contribution in [-0.4, -0.2) is 48.8 Å². The molecule has 34 heavy (non-hydrogen) atoms. The van der Waals surface area contributed by atoms with E-state index in [1.54, 1.807) is 24.4 Å². The van der Waals surface area contributed by atoms with Crippen molar-refractivity contribution < 1.29 is 19.0 Å². The molecule has 0 radical (unpaired) electrons. The normalized spacial score (nSPS) is 16.1. The van der Waals surface area contributed by atoms with Gasteiger partial charge in [-0.1, -0.05) is 24.3 Å². The molecule has 172 valence electrons. The smallest absolute Gasteiger partial charge is 0.253 e. The van der Waals surface area contributed by atoms with E-state index in [-0.39, 0.29) is 18.6 Å². The minimum Gasteiger partial charge on any atom is -0.497 e. The maximum absolute atomic E-state index is 12.4. The summed E-state index contributed by atoms with van der Waals surface area (Å²) < 4.78 is 17.0. The van der Waals surface area contributed by atoms with E-state index in [0.717, 1.165) is 39.2 Å². The molecule has 2 aromatic carbocycles. The van der Waals surface area contributed by atoms with E-state index in [1.165, 1.54) is 0 Å². The Hall–Kier alpha value is -3.81. The highest BCUT2D eigenvalue weighted by molar-refractivity contribution is 5.95. The van der Waals surface area contributed by atoms with Gasteiger partial charge in [0.1, 0.15) is 12.4 Å². The Kier molecular flexibility index (Phi) is 6.46. The van der Waals surface area contributed by atoms with Crippen LogP contribution in [0.1, 0.15) is 5.56 Å². The van der Waals surface area contributed by atoms with Crippen LogP contribution >= 0.6 is 0 Å². The van der Waals surface area contributed by atoms with E-state index in [9.17, 15) is 4.79 Å². The number of carbonyl (C=O) groups excluding carboxylic acids is 1. The summed E-state index contributed by atoms with van der Waals surface area (Å²) in [5, 5.41) is 1.03. The minimum atomic E-state index is -0.216. The van der Waals surface area contributed by atoms with Gasteiger partial charge in [-0.25, -0.2) is 0 Å². The number of methoxy groups -OCH3 is 1. The molecule has 7 nitrogen and oxygen atoms in total. The Morgan fingerprint density at radius 3 is 2.68 bits per heavy atom. The highest BCUT2D eigenvalue weighted by Crippen LogP contribution is 2.28. The lowest BCUT2D eigenvalue weighted by atomic mass is 10.0. The predicted octanol–water partition coefficient (Wildman–Crippen LogP) is 4.25. The van der Waals surface area contributed by atoms with Crippen LogP contribution < -0.4 is 9.64 Å². The maximum atomic E-state index is 12.4. The van der Waals surface area contributed by atoms with Crippen LogP contribution in [0, 0.1) is 0 Å². The zero-order chi connectivity index (χ0) is 23.3. The van der Waals surface area contributed by atoms with E-state index in [2.05, 4.69) is 16.0 Å². The van der Waals surface area contributed by atoms with Crippen molar-refractivity contribution in [1.29, 1.82) is 0 Å². The van der Waals surface area contributed by atoms with Crippen molar-refractivity contribution in [2.24, 2.45) is 0 Å². The van der Waals surface area contributed by atoms with Crippen LogP contribution in [0.4, 0.5) is 5.69 Å². The van der Waals surface area contributed by atoms with Crippen molar-refractivity contribution in [3.05, 3.63) is 84.7 Å². The number of ether oxygens (including phenoxy) is 3. The van der Waals surface area contributed by atoms with Gasteiger partial charge in [-0.2, -0.15) is 0 Å². The van der Waals surface area contributed by atoms with Gasteiger partial charge in [0.05, 0.1) is 44.2 Å². The van der Waals surface area contributed by atoms with E-state index < -0.39 is 0 Å². The van der Waals surface area contributed by atoms with Crippen LogP contribution in [0.25, 0.3) is 22.2 Å². The van der Waals surface area contributed by atoms with Crippen molar-refractivity contribution in [2.75, 3.05) is 31.8 Å². The Bertz CT molecular complexity index is 1280.